The Morgan fingerprint density at radius 1 is 0.962 bits per heavy atom. The summed E-state index contributed by atoms with van der Waals surface area (Å²) >= 11 is 3.53. The van der Waals surface area contributed by atoms with Crippen molar-refractivity contribution in [2.45, 2.75) is 6.61 Å². The fourth-order valence-electron chi connectivity index (χ4n) is 2.35. The maximum Gasteiger partial charge on any atom is 0.161 e. The Morgan fingerprint density at radius 2 is 1.73 bits per heavy atom. The molecule has 0 fully saturated rings. The van der Waals surface area contributed by atoms with E-state index >= 15 is 0 Å². The van der Waals surface area contributed by atoms with Crippen molar-refractivity contribution in [3.8, 4) is 11.5 Å². The molecule has 0 atom stereocenters. The molecule has 0 heterocycles. The van der Waals surface area contributed by atoms with Crippen LogP contribution in [-0.2, 0) is 6.61 Å². The van der Waals surface area contributed by atoms with E-state index in [4.69, 9.17) is 9.47 Å². The molecule has 0 aliphatic heterocycles. The highest BCUT2D eigenvalue weighted by atomic mass is 79.9. The Hall–Kier alpha value is -2.79. The summed E-state index contributed by atoms with van der Waals surface area (Å²) in [6.45, 7) is 0.459. The first kappa shape index (κ1) is 18.0. The van der Waals surface area contributed by atoms with Gasteiger partial charge in [-0.1, -0.05) is 52.3 Å². The monoisotopic (exact) mass is 410 g/mol. The highest BCUT2D eigenvalue weighted by Gasteiger charge is 2.07. The lowest BCUT2D eigenvalue weighted by Crippen LogP contribution is -1.99. The van der Waals surface area contributed by atoms with E-state index in [1.54, 1.807) is 13.3 Å². The second kappa shape index (κ2) is 9.06. The number of rotatable bonds is 7. The molecule has 0 bridgehead atoms. The van der Waals surface area contributed by atoms with Gasteiger partial charge in [0.05, 0.1) is 19.0 Å². The van der Waals surface area contributed by atoms with Crippen molar-refractivity contribution in [3.05, 3.63) is 88.4 Å². The minimum absolute atomic E-state index is 0.459. The van der Waals surface area contributed by atoms with E-state index in [1.807, 2.05) is 72.8 Å². The van der Waals surface area contributed by atoms with Gasteiger partial charge in [0.2, 0.25) is 0 Å². The first-order chi connectivity index (χ1) is 12.8. The molecule has 0 spiro atoms. The largest absolute Gasteiger partial charge is 0.493 e. The third kappa shape index (κ3) is 4.86. The van der Waals surface area contributed by atoms with Crippen LogP contribution in [0.3, 0.4) is 0 Å². The number of ether oxygens (including phenoxy) is 2. The van der Waals surface area contributed by atoms with Crippen molar-refractivity contribution >= 4 is 27.8 Å². The van der Waals surface area contributed by atoms with Gasteiger partial charge in [-0.05, 0) is 42.0 Å². The SMILES string of the molecule is COc1cc(C=NNc2ccccc2)ccc1OCc1ccccc1Br. The topological polar surface area (TPSA) is 42.8 Å². The van der Waals surface area contributed by atoms with E-state index in [1.165, 1.54) is 0 Å². The molecule has 0 unspecified atom stereocenters. The minimum Gasteiger partial charge on any atom is -0.493 e. The lowest BCUT2D eigenvalue weighted by atomic mass is 10.2. The molecule has 0 saturated heterocycles. The van der Waals surface area contributed by atoms with Crippen LogP contribution in [0.1, 0.15) is 11.1 Å². The average molecular weight is 411 g/mol. The molecule has 1 N–H and O–H groups in total. The predicted octanol–water partition coefficient (Wildman–Crippen LogP) is 5.48. The summed E-state index contributed by atoms with van der Waals surface area (Å²) < 4.78 is 12.4. The molecule has 0 saturated carbocycles. The Kier molecular flexibility index (Phi) is 6.28. The standard InChI is InChI=1S/C21H19BrN2O2/c1-25-21-13-16(14-23-24-18-8-3-2-4-9-18)11-12-20(21)26-15-17-7-5-6-10-19(17)22/h2-14,24H,15H2,1H3. The van der Waals surface area contributed by atoms with Crippen molar-refractivity contribution in [3.63, 3.8) is 0 Å². The maximum atomic E-state index is 5.91. The molecule has 0 aliphatic carbocycles. The number of para-hydroxylation sites is 1. The number of halogens is 1. The van der Waals surface area contributed by atoms with Crippen LogP contribution in [0.15, 0.2) is 82.4 Å². The molecule has 0 aliphatic rings. The molecule has 0 aromatic heterocycles. The maximum absolute atomic E-state index is 5.91. The van der Waals surface area contributed by atoms with Crippen LogP contribution in [-0.4, -0.2) is 13.3 Å². The second-order valence-corrected chi connectivity index (χ2v) is 6.38. The Bertz CT molecular complexity index is 882. The zero-order chi connectivity index (χ0) is 18.2. The third-order valence-electron chi connectivity index (χ3n) is 3.71. The van der Waals surface area contributed by atoms with Crippen molar-refractivity contribution < 1.29 is 9.47 Å². The van der Waals surface area contributed by atoms with Gasteiger partial charge in [0.25, 0.3) is 0 Å². The Morgan fingerprint density at radius 3 is 2.50 bits per heavy atom. The molecule has 3 aromatic carbocycles. The number of hydrogen-bond donors (Lipinski definition) is 1. The summed E-state index contributed by atoms with van der Waals surface area (Å²) in [6, 6.07) is 23.5. The van der Waals surface area contributed by atoms with Crippen molar-refractivity contribution in [1.82, 2.24) is 0 Å². The van der Waals surface area contributed by atoms with Crippen LogP contribution in [0.4, 0.5) is 5.69 Å². The van der Waals surface area contributed by atoms with Crippen LogP contribution in [0.2, 0.25) is 0 Å². The van der Waals surface area contributed by atoms with Gasteiger partial charge in [-0.3, -0.25) is 5.43 Å². The molecule has 5 heteroatoms. The van der Waals surface area contributed by atoms with E-state index in [0.29, 0.717) is 18.1 Å². The molecule has 26 heavy (non-hydrogen) atoms. The second-order valence-electron chi connectivity index (χ2n) is 5.53. The zero-order valence-electron chi connectivity index (χ0n) is 14.4. The average Bonchev–Trinajstić information content (AvgIpc) is 2.68. The number of hydrogen-bond acceptors (Lipinski definition) is 4. The van der Waals surface area contributed by atoms with Crippen LogP contribution in [0, 0.1) is 0 Å². The summed E-state index contributed by atoms with van der Waals surface area (Å²) in [4.78, 5) is 0. The number of hydrazone groups is 1. The quantitative estimate of drug-likeness (QED) is 0.414. The van der Waals surface area contributed by atoms with Gasteiger partial charge in [-0.15, -0.1) is 0 Å². The highest BCUT2D eigenvalue weighted by Crippen LogP contribution is 2.29. The fourth-order valence-corrected chi connectivity index (χ4v) is 2.75. The predicted molar refractivity (Wildman–Crippen MR) is 109 cm³/mol. The number of nitrogens with zero attached hydrogens (tertiary/aromatic N) is 1. The van der Waals surface area contributed by atoms with Crippen LogP contribution >= 0.6 is 15.9 Å². The van der Waals surface area contributed by atoms with Gasteiger partial charge < -0.3 is 9.47 Å². The first-order valence-electron chi connectivity index (χ1n) is 8.14. The molecule has 3 aromatic rings. The summed E-state index contributed by atoms with van der Waals surface area (Å²) in [6.07, 6.45) is 1.74. The first-order valence-corrected chi connectivity index (χ1v) is 8.94. The van der Waals surface area contributed by atoms with Crippen LogP contribution in [0.5, 0.6) is 11.5 Å². The number of anilines is 1. The molecule has 4 nitrogen and oxygen atoms in total. The van der Waals surface area contributed by atoms with Crippen molar-refractivity contribution in [1.29, 1.82) is 0 Å². The number of methoxy groups -OCH3 is 1. The van der Waals surface area contributed by atoms with Gasteiger partial charge >= 0.3 is 0 Å². The summed E-state index contributed by atoms with van der Waals surface area (Å²) in [7, 11) is 1.63. The van der Waals surface area contributed by atoms with Gasteiger partial charge in [-0.25, -0.2) is 0 Å². The van der Waals surface area contributed by atoms with Crippen LogP contribution < -0.4 is 14.9 Å². The fraction of sp³-hybridized carbons (Fsp3) is 0.0952. The summed E-state index contributed by atoms with van der Waals surface area (Å²) in [5, 5.41) is 4.24. The molecule has 132 valence electrons. The molecule has 3 rings (SSSR count). The lowest BCUT2D eigenvalue weighted by molar-refractivity contribution is 0.284. The highest BCUT2D eigenvalue weighted by molar-refractivity contribution is 9.10. The lowest BCUT2D eigenvalue weighted by Gasteiger charge is -2.12. The number of nitrogens with one attached hydrogen (secondary N) is 1. The van der Waals surface area contributed by atoms with E-state index < -0.39 is 0 Å². The van der Waals surface area contributed by atoms with Gasteiger partial charge in [0.1, 0.15) is 6.61 Å². The number of benzene rings is 3. The smallest absolute Gasteiger partial charge is 0.161 e. The van der Waals surface area contributed by atoms with E-state index in [9.17, 15) is 0 Å². The van der Waals surface area contributed by atoms with E-state index in [2.05, 4.69) is 26.5 Å². The Labute approximate surface area is 161 Å². The molecule has 0 amide bonds. The van der Waals surface area contributed by atoms with Gasteiger partial charge in [0.15, 0.2) is 11.5 Å². The van der Waals surface area contributed by atoms with Crippen molar-refractivity contribution in [2.24, 2.45) is 5.10 Å². The molecular weight excluding hydrogens is 392 g/mol. The van der Waals surface area contributed by atoms with E-state index in [0.717, 1.165) is 21.3 Å². The van der Waals surface area contributed by atoms with Gasteiger partial charge in [0, 0.05) is 10.0 Å². The zero-order valence-corrected chi connectivity index (χ0v) is 15.9. The van der Waals surface area contributed by atoms with Crippen molar-refractivity contribution in [2.75, 3.05) is 12.5 Å². The molecular formula is C21H19BrN2O2. The summed E-state index contributed by atoms with van der Waals surface area (Å²) in [5.41, 5.74) is 5.92. The Balaban J connectivity index is 1.66. The third-order valence-corrected chi connectivity index (χ3v) is 4.48. The summed E-state index contributed by atoms with van der Waals surface area (Å²) in [5.74, 6) is 1.36. The minimum atomic E-state index is 0.459. The molecule has 0 radical (unpaired) electrons. The van der Waals surface area contributed by atoms with Gasteiger partial charge in [-0.2, -0.15) is 5.10 Å². The normalized spacial score (nSPS) is 10.7. The van der Waals surface area contributed by atoms with E-state index in [-0.39, 0.29) is 0 Å². The van der Waals surface area contributed by atoms with Crippen LogP contribution in [0.25, 0.3) is 0 Å².